The molecule has 1 heterocycles. The third-order valence-corrected chi connectivity index (χ3v) is 7.06. The number of hydrogen-bond acceptors (Lipinski definition) is 5. The summed E-state index contributed by atoms with van der Waals surface area (Å²) in [6.45, 7) is 5.41. The van der Waals surface area contributed by atoms with Gasteiger partial charge in [0.2, 0.25) is 10.0 Å². The van der Waals surface area contributed by atoms with Crippen LogP contribution in [0.25, 0.3) is 0 Å². The highest BCUT2D eigenvalue weighted by atomic mass is 32.2. The second kappa shape index (κ2) is 10.6. The lowest BCUT2D eigenvalue weighted by atomic mass is 10.2. The van der Waals surface area contributed by atoms with Crippen molar-refractivity contribution >= 4 is 15.9 Å². The summed E-state index contributed by atoms with van der Waals surface area (Å²) in [5, 5.41) is 2.77. The monoisotopic (exact) mass is 446 g/mol. The normalized spacial score (nSPS) is 15.8. The van der Waals surface area contributed by atoms with Crippen LogP contribution in [-0.4, -0.2) is 51.0 Å². The number of nitrogens with zero attached hydrogens (tertiary/aromatic N) is 1. The first-order valence-electron chi connectivity index (χ1n) is 10.6. The maximum Gasteiger partial charge on any atom is 0.260 e. The molecule has 1 saturated heterocycles. The van der Waals surface area contributed by atoms with E-state index in [1.54, 1.807) is 35.5 Å². The lowest BCUT2D eigenvalue weighted by Gasteiger charge is -2.25. The van der Waals surface area contributed by atoms with Crippen LogP contribution in [-0.2, 0) is 14.8 Å². The molecule has 2 aromatic rings. The van der Waals surface area contributed by atoms with Crippen molar-refractivity contribution in [1.29, 1.82) is 0 Å². The summed E-state index contributed by atoms with van der Waals surface area (Å²) in [6.07, 6.45) is 2.26. The molecule has 1 aliphatic heterocycles. The number of rotatable bonds is 9. The van der Waals surface area contributed by atoms with Gasteiger partial charge in [-0.25, -0.2) is 8.42 Å². The summed E-state index contributed by atoms with van der Waals surface area (Å²) < 4.78 is 38.1. The van der Waals surface area contributed by atoms with E-state index in [9.17, 15) is 13.2 Å². The van der Waals surface area contributed by atoms with Gasteiger partial charge in [-0.15, -0.1) is 0 Å². The molecular formula is C23H30N2O5S. The van der Waals surface area contributed by atoms with Crippen LogP contribution in [0.15, 0.2) is 53.4 Å². The quantitative estimate of drug-likeness (QED) is 0.598. The molecule has 0 aliphatic carbocycles. The average molecular weight is 447 g/mol. The Labute approximate surface area is 184 Å². The molecule has 168 valence electrons. The number of hydrogen-bond donors (Lipinski definition) is 1. The van der Waals surface area contributed by atoms with Gasteiger partial charge in [0.15, 0.2) is 6.10 Å². The molecule has 0 bridgehead atoms. The predicted octanol–water partition coefficient (Wildman–Crippen LogP) is 3.13. The van der Waals surface area contributed by atoms with Gasteiger partial charge in [-0.05, 0) is 63.1 Å². The first-order chi connectivity index (χ1) is 14.9. The summed E-state index contributed by atoms with van der Waals surface area (Å²) in [5.74, 6) is 0.965. The number of piperidine rings is 1. The molecule has 1 aliphatic rings. The van der Waals surface area contributed by atoms with Gasteiger partial charge >= 0.3 is 0 Å². The van der Waals surface area contributed by atoms with Crippen molar-refractivity contribution in [3.8, 4) is 11.5 Å². The SMILES string of the molecule is Cc1ccc(O[C@@H](C)C(=O)NCCOc2ccc(S(=O)(=O)N3CCCCC3)cc2)cc1. The fourth-order valence-electron chi connectivity index (χ4n) is 3.32. The molecule has 31 heavy (non-hydrogen) atoms. The van der Waals surface area contributed by atoms with Crippen LogP contribution < -0.4 is 14.8 Å². The van der Waals surface area contributed by atoms with Crippen LogP contribution in [0.3, 0.4) is 0 Å². The molecule has 0 aromatic heterocycles. The van der Waals surface area contributed by atoms with Gasteiger partial charge in [0.1, 0.15) is 18.1 Å². The van der Waals surface area contributed by atoms with Crippen LogP contribution in [0, 0.1) is 6.92 Å². The summed E-state index contributed by atoms with van der Waals surface area (Å²) in [7, 11) is -3.45. The second-order valence-corrected chi connectivity index (χ2v) is 9.59. The Bertz CT molecular complexity index is 952. The zero-order valence-corrected chi connectivity index (χ0v) is 18.9. The van der Waals surface area contributed by atoms with Crippen molar-refractivity contribution in [1.82, 2.24) is 9.62 Å². The smallest absolute Gasteiger partial charge is 0.260 e. The molecule has 0 radical (unpaired) electrons. The van der Waals surface area contributed by atoms with Crippen LogP contribution in [0.2, 0.25) is 0 Å². The minimum absolute atomic E-state index is 0.229. The number of nitrogens with one attached hydrogen (secondary N) is 1. The molecule has 0 unspecified atom stereocenters. The number of carbonyl (C=O) groups excluding carboxylic acids is 1. The predicted molar refractivity (Wildman–Crippen MR) is 119 cm³/mol. The van der Waals surface area contributed by atoms with Crippen LogP contribution in [0.4, 0.5) is 0 Å². The zero-order chi connectivity index (χ0) is 22.3. The number of ether oxygens (including phenoxy) is 2. The zero-order valence-electron chi connectivity index (χ0n) is 18.0. The number of sulfonamides is 1. The Hall–Kier alpha value is -2.58. The minimum Gasteiger partial charge on any atom is -0.492 e. The molecular weight excluding hydrogens is 416 g/mol. The highest BCUT2D eigenvalue weighted by Gasteiger charge is 2.25. The van der Waals surface area contributed by atoms with E-state index in [1.165, 1.54) is 0 Å². The van der Waals surface area contributed by atoms with E-state index in [1.807, 2.05) is 31.2 Å². The minimum atomic E-state index is -3.45. The molecule has 1 fully saturated rings. The lowest BCUT2D eigenvalue weighted by Crippen LogP contribution is -2.38. The van der Waals surface area contributed by atoms with E-state index in [4.69, 9.17) is 9.47 Å². The molecule has 3 rings (SSSR count). The van der Waals surface area contributed by atoms with Gasteiger partial charge in [-0.2, -0.15) is 4.31 Å². The van der Waals surface area contributed by atoms with E-state index in [0.29, 0.717) is 31.1 Å². The van der Waals surface area contributed by atoms with Crippen molar-refractivity contribution in [3.05, 3.63) is 54.1 Å². The third-order valence-electron chi connectivity index (χ3n) is 5.15. The highest BCUT2D eigenvalue weighted by molar-refractivity contribution is 7.89. The van der Waals surface area contributed by atoms with Gasteiger partial charge < -0.3 is 14.8 Å². The van der Waals surface area contributed by atoms with Gasteiger partial charge in [-0.3, -0.25) is 4.79 Å². The molecule has 0 spiro atoms. The molecule has 1 N–H and O–H groups in total. The molecule has 1 amide bonds. The van der Waals surface area contributed by atoms with Crippen LogP contribution in [0.1, 0.15) is 31.7 Å². The van der Waals surface area contributed by atoms with E-state index in [-0.39, 0.29) is 17.4 Å². The first-order valence-corrected chi connectivity index (χ1v) is 12.0. The van der Waals surface area contributed by atoms with Crippen molar-refractivity contribution in [3.63, 3.8) is 0 Å². The van der Waals surface area contributed by atoms with Crippen LogP contribution >= 0.6 is 0 Å². The van der Waals surface area contributed by atoms with Crippen molar-refractivity contribution in [2.24, 2.45) is 0 Å². The summed E-state index contributed by atoms with van der Waals surface area (Å²) in [5.41, 5.74) is 1.12. The van der Waals surface area contributed by atoms with Gasteiger partial charge in [-0.1, -0.05) is 24.1 Å². The second-order valence-electron chi connectivity index (χ2n) is 7.65. The number of aryl methyl sites for hydroxylation is 1. The summed E-state index contributed by atoms with van der Waals surface area (Å²) in [6, 6.07) is 13.9. The standard InChI is InChI=1S/C23H30N2O5S/c1-18-6-8-21(9-7-18)30-19(2)23(26)24-14-17-29-20-10-12-22(13-11-20)31(27,28)25-15-4-3-5-16-25/h6-13,19H,3-5,14-17H2,1-2H3,(H,24,26)/t19-/m0/s1. The Morgan fingerprint density at radius 1 is 1.00 bits per heavy atom. The molecule has 2 aromatic carbocycles. The number of amides is 1. The lowest BCUT2D eigenvalue weighted by molar-refractivity contribution is -0.127. The fourth-order valence-corrected chi connectivity index (χ4v) is 4.84. The van der Waals surface area contributed by atoms with Crippen molar-refractivity contribution < 1.29 is 22.7 Å². The third kappa shape index (κ3) is 6.45. The topological polar surface area (TPSA) is 84.9 Å². The Morgan fingerprint density at radius 3 is 2.26 bits per heavy atom. The van der Waals surface area contributed by atoms with Crippen molar-refractivity contribution in [2.75, 3.05) is 26.2 Å². The van der Waals surface area contributed by atoms with E-state index < -0.39 is 16.1 Å². The average Bonchev–Trinajstić information content (AvgIpc) is 2.79. The van der Waals surface area contributed by atoms with Crippen LogP contribution in [0.5, 0.6) is 11.5 Å². The largest absolute Gasteiger partial charge is 0.492 e. The Balaban J connectivity index is 1.42. The molecule has 1 atom stereocenters. The molecule has 8 heteroatoms. The molecule has 0 saturated carbocycles. The van der Waals surface area contributed by atoms with E-state index >= 15 is 0 Å². The fraction of sp³-hybridized carbons (Fsp3) is 0.435. The van der Waals surface area contributed by atoms with E-state index in [0.717, 1.165) is 24.8 Å². The van der Waals surface area contributed by atoms with Gasteiger partial charge in [0.25, 0.3) is 5.91 Å². The maximum absolute atomic E-state index is 12.7. The molecule has 7 nitrogen and oxygen atoms in total. The summed E-state index contributed by atoms with van der Waals surface area (Å²) in [4.78, 5) is 12.4. The Morgan fingerprint density at radius 2 is 1.61 bits per heavy atom. The van der Waals surface area contributed by atoms with Gasteiger partial charge in [0.05, 0.1) is 11.4 Å². The summed E-state index contributed by atoms with van der Waals surface area (Å²) >= 11 is 0. The highest BCUT2D eigenvalue weighted by Crippen LogP contribution is 2.22. The van der Waals surface area contributed by atoms with E-state index in [2.05, 4.69) is 5.32 Å². The number of carbonyl (C=O) groups is 1. The first kappa shape index (κ1) is 23.1. The van der Waals surface area contributed by atoms with Crippen molar-refractivity contribution in [2.45, 2.75) is 44.1 Å². The maximum atomic E-state index is 12.7. The van der Waals surface area contributed by atoms with Gasteiger partial charge in [0, 0.05) is 13.1 Å². The number of benzene rings is 2. The Kier molecular flexibility index (Phi) is 7.92.